The van der Waals surface area contributed by atoms with Crippen molar-refractivity contribution < 1.29 is 31.1 Å². The van der Waals surface area contributed by atoms with E-state index in [4.69, 9.17) is 4.74 Å². The SMILES string of the molecule is CCN(c1ccccc1)S(=O)(=O)c1ccc(OC)c(NC(=O)c2ccc(C(F)(F)F)cc2)c1. The molecule has 0 saturated carbocycles. The van der Waals surface area contributed by atoms with Crippen LogP contribution in [-0.2, 0) is 16.2 Å². The highest BCUT2D eigenvalue weighted by molar-refractivity contribution is 7.92. The number of sulfonamides is 1. The summed E-state index contributed by atoms with van der Waals surface area (Å²) in [4.78, 5) is 12.5. The monoisotopic (exact) mass is 478 g/mol. The topological polar surface area (TPSA) is 75.7 Å². The minimum absolute atomic E-state index is 0.0298. The Morgan fingerprint density at radius 1 is 1.00 bits per heavy atom. The molecule has 0 spiro atoms. The van der Waals surface area contributed by atoms with Gasteiger partial charge in [0.25, 0.3) is 15.9 Å². The third-order valence-corrected chi connectivity index (χ3v) is 6.71. The fourth-order valence-electron chi connectivity index (χ4n) is 3.16. The standard InChI is InChI=1S/C23H21F3N2O4S/c1-3-28(18-7-5-4-6-8-18)33(30,31)19-13-14-21(32-2)20(15-19)27-22(29)16-9-11-17(12-10-16)23(24,25)26/h4-15H,3H2,1-2H3,(H,27,29). The molecule has 1 amide bonds. The highest BCUT2D eigenvalue weighted by Crippen LogP contribution is 2.32. The van der Waals surface area contributed by atoms with Crippen molar-refractivity contribution >= 4 is 27.3 Å². The normalized spacial score (nSPS) is 11.7. The summed E-state index contributed by atoms with van der Waals surface area (Å²) in [5, 5.41) is 2.52. The fourth-order valence-corrected chi connectivity index (χ4v) is 4.66. The summed E-state index contributed by atoms with van der Waals surface area (Å²) in [6.07, 6.45) is -4.52. The zero-order chi connectivity index (χ0) is 24.2. The molecule has 0 aromatic heterocycles. The van der Waals surface area contributed by atoms with Crippen molar-refractivity contribution in [1.82, 2.24) is 0 Å². The van der Waals surface area contributed by atoms with E-state index < -0.39 is 27.7 Å². The molecule has 174 valence electrons. The van der Waals surface area contributed by atoms with E-state index >= 15 is 0 Å². The first kappa shape index (κ1) is 24.1. The van der Waals surface area contributed by atoms with Crippen LogP contribution in [0.15, 0.2) is 77.7 Å². The number of carbonyl (C=O) groups excluding carboxylic acids is 1. The van der Waals surface area contributed by atoms with E-state index in [0.29, 0.717) is 5.69 Å². The van der Waals surface area contributed by atoms with Crippen LogP contribution in [0.2, 0.25) is 0 Å². The zero-order valence-electron chi connectivity index (χ0n) is 17.8. The van der Waals surface area contributed by atoms with Crippen LogP contribution >= 0.6 is 0 Å². The van der Waals surface area contributed by atoms with E-state index in [9.17, 15) is 26.4 Å². The van der Waals surface area contributed by atoms with Crippen molar-refractivity contribution in [1.29, 1.82) is 0 Å². The summed E-state index contributed by atoms with van der Waals surface area (Å²) in [7, 11) is -2.63. The number of rotatable bonds is 7. The van der Waals surface area contributed by atoms with Crippen LogP contribution < -0.4 is 14.4 Å². The molecule has 3 rings (SSSR count). The van der Waals surface area contributed by atoms with Gasteiger partial charge in [0.05, 0.1) is 28.9 Å². The Hall–Kier alpha value is -3.53. The number of benzene rings is 3. The van der Waals surface area contributed by atoms with Crippen LogP contribution in [0.5, 0.6) is 5.75 Å². The second-order valence-corrected chi connectivity index (χ2v) is 8.76. The van der Waals surface area contributed by atoms with Crippen LogP contribution in [0.3, 0.4) is 0 Å². The molecule has 0 aliphatic heterocycles. The largest absolute Gasteiger partial charge is 0.495 e. The molecule has 0 bridgehead atoms. The van der Waals surface area contributed by atoms with Gasteiger partial charge in [-0.1, -0.05) is 18.2 Å². The summed E-state index contributed by atoms with van der Waals surface area (Å²) in [6, 6.07) is 16.2. The molecule has 3 aromatic carbocycles. The Bertz CT molecular complexity index is 1230. The molecule has 0 radical (unpaired) electrons. The number of nitrogens with one attached hydrogen (secondary N) is 1. The third-order valence-electron chi connectivity index (χ3n) is 4.81. The number of amides is 1. The van der Waals surface area contributed by atoms with E-state index in [2.05, 4.69) is 5.32 Å². The summed E-state index contributed by atoms with van der Waals surface area (Å²) >= 11 is 0. The van der Waals surface area contributed by atoms with Gasteiger partial charge in [-0.2, -0.15) is 13.2 Å². The number of methoxy groups -OCH3 is 1. The molecule has 0 heterocycles. The molecule has 33 heavy (non-hydrogen) atoms. The molecule has 0 aliphatic rings. The van der Waals surface area contributed by atoms with E-state index in [1.165, 1.54) is 29.6 Å². The number of halogens is 3. The Morgan fingerprint density at radius 3 is 2.18 bits per heavy atom. The maximum atomic E-state index is 13.3. The first-order valence-electron chi connectivity index (χ1n) is 9.82. The molecule has 0 fully saturated rings. The van der Waals surface area contributed by atoms with E-state index in [0.717, 1.165) is 24.3 Å². The van der Waals surface area contributed by atoms with Crippen molar-refractivity contribution in [2.24, 2.45) is 0 Å². The lowest BCUT2D eigenvalue weighted by atomic mass is 10.1. The molecular weight excluding hydrogens is 457 g/mol. The Labute approximate surface area is 189 Å². The number of alkyl halides is 3. The summed E-state index contributed by atoms with van der Waals surface area (Å²) in [6.45, 7) is 1.87. The quantitative estimate of drug-likeness (QED) is 0.508. The molecule has 0 atom stereocenters. The zero-order valence-corrected chi connectivity index (χ0v) is 18.6. The van der Waals surface area contributed by atoms with Gasteiger partial charge in [0.1, 0.15) is 5.75 Å². The summed E-state index contributed by atoms with van der Waals surface area (Å²) in [5.41, 5.74) is -0.373. The van der Waals surface area contributed by atoms with E-state index in [-0.39, 0.29) is 28.4 Å². The van der Waals surface area contributed by atoms with E-state index in [1.807, 2.05) is 0 Å². The van der Waals surface area contributed by atoms with E-state index in [1.54, 1.807) is 37.3 Å². The molecule has 6 nitrogen and oxygen atoms in total. The van der Waals surface area contributed by atoms with Gasteiger partial charge < -0.3 is 10.1 Å². The van der Waals surface area contributed by atoms with Crippen LogP contribution in [0.25, 0.3) is 0 Å². The first-order chi connectivity index (χ1) is 15.6. The second kappa shape index (κ2) is 9.53. The minimum atomic E-state index is -4.52. The Morgan fingerprint density at radius 2 is 1.64 bits per heavy atom. The summed E-state index contributed by atoms with van der Waals surface area (Å²) < 4.78 is 71.3. The lowest BCUT2D eigenvalue weighted by Gasteiger charge is -2.23. The lowest BCUT2D eigenvalue weighted by molar-refractivity contribution is -0.137. The highest BCUT2D eigenvalue weighted by atomic mass is 32.2. The number of para-hydroxylation sites is 1. The molecule has 0 aliphatic carbocycles. The van der Waals surface area contributed by atoms with Gasteiger partial charge in [0, 0.05) is 12.1 Å². The van der Waals surface area contributed by atoms with Gasteiger partial charge >= 0.3 is 6.18 Å². The van der Waals surface area contributed by atoms with Crippen LogP contribution in [0.1, 0.15) is 22.8 Å². The molecular formula is C23H21F3N2O4S. The van der Waals surface area contributed by atoms with Crippen LogP contribution in [-0.4, -0.2) is 28.0 Å². The van der Waals surface area contributed by atoms with Gasteiger partial charge in [0.15, 0.2) is 0 Å². The number of hydrogen-bond donors (Lipinski definition) is 1. The van der Waals surface area contributed by atoms with Gasteiger partial charge in [-0.25, -0.2) is 8.42 Å². The average Bonchev–Trinajstić information content (AvgIpc) is 2.79. The predicted molar refractivity (Wildman–Crippen MR) is 119 cm³/mol. The number of nitrogens with zero attached hydrogens (tertiary/aromatic N) is 1. The average molecular weight is 478 g/mol. The van der Waals surface area contributed by atoms with Gasteiger partial charge in [-0.15, -0.1) is 0 Å². The fraction of sp³-hybridized carbons (Fsp3) is 0.174. The number of hydrogen-bond acceptors (Lipinski definition) is 4. The van der Waals surface area contributed by atoms with Crippen molar-refractivity contribution in [3.05, 3.63) is 83.9 Å². The Balaban J connectivity index is 1.93. The molecule has 10 heteroatoms. The van der Waals surface area contributed by atoms with Gasteiger partial charge in [-0.05, 0) is 61.5 Å². The number of anilines is 2. The van der Waals surface area contributed by atoms with Crippen LogP contribution in [0.4, 0.5) is 24.5 Å². The smallest absolute Gasteiger partial charge is 0.416 e. The molecule has 0 saturated heterocycles. The predicted octanol–water partition coefficient (Wildman–Crippen LogP) is 5.18. The second-order valence-electron chi connectivity index (χ2n) is 6.90. The Kier molecular flexibility index (Phi) is 6.97. The van der Waals surface area contributed by atoms with Crippen molar-refractivity contribution in [2.45, 2.75) is 18.0 Å². The van der Waals surface area contributed by atoms with Gasteiger partial charge in [-0.3, -0.25) is 9.10 Å². The van der Waals surface area contributed by atoms with Crippen LogP contribution in [0, 0.1) is 0 Å². The van der Waals surface area contributed by atoms with Crippen molar-refractivity contribution in [3.63, 3.8) is 0 Å². The third kappa shape index (κ3) is 5.28. The van der Waals surface area contributed by atoms with Crippen molar-refractivity contribution in [2.75, 3.05) is 23.3 Å². The minimum Gasteiger partial charge on any atom is -0.495 e. The summed E-state index contributed by atoms with van der Waals surface area (Å²) in [5.74, 6) is -0.524. The number of ether oxygens (including phenoxy) is 1. The maximum Gasteiger partial charge on any atom is 0.416 e. The van der Waals surface area contributed by atoms with Gasteiger partial charge in [0.2, 0.25) is 0 Å². The molecule has 1 N–H and O–H groups in total. The maximum absolute atomic E-state index is 13.3. The lowest BCUT2D eigenvalue weighted by Crippen LogP contribution is -2.30. The molecule has 0 unspecified atom stereocenters. The molecule has 3 aromatic rings. The first-order valence-corrected chi connectivity index (χ1v) is 11.3. The number of carbonyl (C=O) groups is 1. The van der Waals surface area contributed by atoms with Crippen molar-refractivity contribution in [3.8, 4) is 5.75 Å². The highest BCUT2D eigenvalue weighted by Gasteiger charge is 2.30.